The molecule has 0 saturated carbocycles. The number of carbonyl (C=O) groups excluding carboxylic acids is 1. The second-order valence-electron chi connectivity index (χ2n) is 7.29. The normalized spacial score (nSPS) is 12.3. The van der Waals surface area contributed by atoms with Gasteiger partial charge in [0.2, 0.25) is 0 Å². The molecule has 0 fully saturated rings. The van der Waals surface area contributed by atoms with Gasteiger partial charge in [-0.15, -0.1) is 0 Å². The van der Waals surface area contributed by atoms with Gasteiger partial charge < -0.3 is 0 Å². The second kappa shape index (κ2) is 7.43. The van der Waals surface area contributed by atoms with Crippen LogP contribution in [-0.2, 0) is 5.41 Å². The van der Waals surface area contributed by atoms with E-state index in [1.54, 1.807) is 0 Å². The largest absolute Gasteiger partial charge is 0.271 e. The number of hydrogen-bond donors (Lipinski definition) is 1. The van der Waals surface area contributed by atoms with Crippen LogP contribution in [0.15, 0.2) is 59.7 Å². The average molecular weight is 322 g/mol. The van der Waals surface area contributed by atoms with Gasteiger partial charge in [-0.3, -0.25) is 4.79 Å². The molecule has 0 bridgehead atoms. The summed E-state index contributed by atoms with van der Waals surface area (Å²) in [6.07, 6.45) is 0. The lowest BCUT2D eigenvalue weighted by atomic mass is 9.87. The Bertz CT molecular complexity index is 708. The fourth-order valence-corrected chi connectivity index (χ4v) is 2.43. The molecule has 0 unspecified atom stereocenters. The van der Waals surface area contributed by atoms with E-state index in [0.29, 0.717) is 5.56 Å². The smallest absolute Gasteiger partial charge is 0.267 e. The van der Waals surface area contributed by atoms with E-state index in [-0.39, 0.29) is 17.2 Å². The Morgan fingerprint density at radius 1 is 0.917 bits per heavy atom. The van der Waals surface area contributed by atoms with Gasteiger partial charge in [0.25, 0.3) is 5.91 Å². The van der Waals surface area contributed by atoms with E-state index < -0.39 is 0 Å². The van der Waals surface area contributed by atoms with Crippen LogP contribution < -0.4 is 5.43 Å². The third kappa shape index (κ3) is 4.54. The van der Waals surface area contributed by atoms with Crippen molar-refractivity contribution in [1.29, 1.82) is 0 Å². The van der Waals surface area contributed by atoms with Crippen molar-refractivity contribution in [3.8, 4) is 0 Å². The van der Waals surface area contributed by atoms with Crippen molar-refractivity contribution in [2.45, 2.75) is 40.0 Å². The van der Waals surface area contributed by atoms with Gasteiger partial charge in [-0.2, -0.15) is 5.10 Å². The molecule has 0 aliphatic carbocycles. The molecule has 0 saturated heterocycles. The molecule has 2 aromatic rings. The molecule has 2 aromatic carbocycles. The van der Waals surface area contributed by atoms with Gasteiger partial charge in [0.05, 0.1) is 5.71 Å². The lowest BCUT2D eigenvalue weighted by Gasteiger charge is -2.19. The van der Waals surface area contributed by atoms with Crippen LogP contribution in [0.25, 0.3) is 0 Å². The molecule has 3 heteroatoms. The lowest BCUT2D eigenvalue weighted by Crippen LogP contribution is -2.22. The van der Waals surface area contributed by atoms with Crippen LogP contribution in [0.2, 0.25) is 0 Å². The summed E-state index contributed by atoms with van der Waals surface area (Å²) in [6, 6.07) is 17.6. The summed E-state index contributed by atoms with van der Waals surface area (Å²) >= 11 is 0. The zero-order valence-corrected chi connectivity index (χ0v) is 15.1. The topological polar surface area (TPSA) is 41.5 Å². The predicted octanol–water partition coefficient (Wildman–Crippen LogP) is 4.77. The summed E-state index contributed by atoms with van der Waals surface area (Å²) in [7, 11) is 0. The van der Waals surface area contributed by atoms with Gasteiger partial charge in [-0.25, -0.2) is 5.43 Å². The van der Waals surface area contributed by atoms with Gasteiger partial charge in [0, 0.05) is 5.56 Å². The van der Waals surface area contributed by atoms with E-state index in [0.717, 1.165) is 11.3 Å². The molecule has 0 heterocycles. The summed E-state index contributed by atoms with van der Waals surface area (Å²) in [5.74, 6) is 0.0282. The molecule has 2 rings (SSSR count). The standard InChI is InChI=1S/C21H26N2O/c1-15(2)19(16-9-7-6-8-10-16)22-23-20(24)17-11-13-18(14-12-17)21(3,4)5/h6-15H,1-5H3,(H,23,24)/b22-19-. The van der Waals surface area contributed by atoms with Crippen LogP contribution in [0.3, 0.4) is 0 Å². The molecule has 0 atom stereocenters. The van der Waals surface area contributed by atoms with E-state index in [1.807, 2.05) is 54.6 Å². The first-order valence-corrected chi connectivity index (χ1v) is 8.33. The molecule has 1 N–H and O–H groups in total. The zero-order chi connectivity index (χ0) is 17.7. The maximum atomic E-state index is 12.3. The number of nitrogens with zero attached hydrogens (tertiary/aromatic N) is 1. The van der Waals surface area contributed by atoms with Crippen molar-refractivity contribution in [3.05, 3.63) is 71.3 Å². The Morgan fingerprint density at radius 3 is 2.00 bits per heavy atom. The molecule has 0 radical (unpaired) electrons. The highest BCUT2D eigenvalue weighted by atomic mass is 16.2. The van der Waals surface area contributed by atoms with Crippen molar-refractivity contribution in [3.63, 3.8) is 0 Å². The van der Waals surface area contributed by atoms with Crippen LogP contribution in [0.1, 0.15) is 56.1 Å². The van der Waals surface area contributed by atoms with E-state index in [1.165, 1.54) is 5.56 Å². The molecule has 0 aromatic heterocycles. The van der Waals surface area contributed by atoms with Crippen molar-refractivity contribution in [1.82, 2.24) is 5.43 Å². The Hall–Kier alpha value is -2.42. The minimum Gasteiger partial charge on any atom is -0.267 e. The van der Waals surface area contributed by atoms with Gasteiger partial charge in [-0.1, -0.05) is 77.1 Å². The molecular formula is C21H26N2O. The number of hydrogen-bond acceptors (Lipinski definition) is 2. The third-order valence-corrected chi connectivity index (χ3v) is 3.91. The number of nitrogens with one attached hydrogen (secondary N) is 1. The lowest BCUT2D eigenvalue weighted by molar-refractivity contribution is 0.0954. The molecule has 1 amide bonds. The van der Waals surface area contributed by atoms with Crippen molar-refractivity contribution in [2.75, 3.05) is 0 Å². The minimum atomic E-state index is -0.190. The summed E-state index contributed by atoms with van der Waals surface area (Å²) < 4.78 is 0. The first kappa shape index (κ1) is 17.9. The van der Waals surface area contributed by atoms with Crippen LogP contribution in [0.4, 0.5) is 0 Å². The van der Waals surface area contributed by atoms with E-state index in [2.05, 4.69) is 45.1 Å². The van der Waals surface area contributed by atoms with Crippen molar-refractivity contribution in [2.24, 2.45) is 11.0 Å². The maximum absolute atomic E-state index is 12.3. The fourth-order valence-electron chi connectivity index (χ4n) is 2.43. The molecule has 0 spiro atoms. The number of hydrazone groups is 1. The zero-order valence-electron chi connectivity index (χ0n) is 15.1. The molecular weight excluding hydrogens is 296 g/mol. The number of amides is 1. The predicted molar refractivity (Wildman–Crippen MR) is 100 cm³/mol. The Balaban J connectivity index is 2.16. The summed E-state index contributed by atoms with van der Waals surface area (Å²) in [6.45, 7) is 10.6. The van der Waals surface area contributed by atoms with Crippen molar-refractivity contribution >= 4 is 11.6 Å². The van der Waals surface area contributed by atoms with E-state index >= 15 is 0 Å². The number of rotatable bonds is 4. The van der Waals surface area contributed by atoms with E-state index in [4.69, 9.17) is 0 Å². The Kier molecular flexibility index (Phi) is 5.55. The van der Waals surface area contributed by atoms with Gasteiger partial charge in [-0.05, 0) is 34.6 Å². The van der Waals surface area contributed by atoms with Gasteiger partial charge in [0.1, 0.15) is 0 Å². The average Bonchev–Trinajstić information content (AvgIpc) is 2.55. The highest BCUT2D eigenvalue weighted by Crippen LogP contribution is 2.22. The first-order chi connectivity index (χ1) is 11.3. The van der Waals surface area contributed by atoms with Crippen LogP contribution >= 0.6 is 0 Å². The Morgan fingerprint density at radius 2 is 1.50 bits per heavy atom. The maximum Gasteiger partial charge on any atom is 0.271 e. The van der Waals surface area contributed by atoms with Crippen LogP contribution in [0.5, 0.6) is 0 Å². The monoisotopic (exact) mass is 322 g/mol. The highest BCUT2D eigenvalue weighted by Gasteiger charge is 2.14. The van der Waals surface area contributed by atoms with Crippen LogP contribution in [0, 0.1) is 5.92 Å². The Labute approximate surface area is 144 Å². The number of benzene rings is 2. The highest BCUT2D eigenvalue weighted by molar-refractivity contribution is 6.03. The quantitative estimate of drug-likeness (QED) is 0.639. The molecule has 24 heavy (non-hydrogen) atoms. The minimum absolute atomic E-state index is 0.0747. The van der Waals surface area contributed by atoms with E-state index in [9.17, 15) is 4.79 Å². The number of carbonyl (C=O) groups is 1. The second-order valence-corrected chi connectivity index (χ2v) is 7.29. The summed E-state index contributed by atoms with van der Waals surface area (Å²) in [5, 5.41) is 4.36. The molecule has 3 nitrogen and oxygen atoms in total. The third-order valence-electron chi connectivity index (χ3n) is 3.91. The molecule has 0 aliphatic heterocycles. The summed E-state index contributed by atoms with van der Waals surface area (Å²) in [4.78, 5) is 12.3. The SMILES string of the molecule is CC(C)/C(=N/NC(=O)c1ccc(C(C)(C)C)cc1)c1ccccc1. The van der Waals surface area contributed by atoms with Crippen LogP contribution in [-0.4, -0.2) is 11.6 Å². The van der Waals surface area contributed by atoms with Gasteiger partial charge in [0.15, 0.2) is 0 Å². The first-order valence-electron chi connectivity index (χ1n) is 8.33. The molecule has 126 valence electrons. The molecule has 0 aliphatic rings. The van der Waals surface area contributed by atoms with Gasteiger partial charge >= 0.3 is 0 Å². The fraction of sp³-hybridized carbons (Fsp3) is 0.333. The van der Waals surface area contributed by atoms with Crippen molar-refractivity contribution < 1.29 is 4.79 Å². The summed E-state index contributed by atoms with van der Waals surface area (Å²) in [5.41, 5.74) is 6.47.